The van der Waals surface area contributed by atoms with Crippen LogP contribution in [0.3, 0.4) is 0 Å². The zero-order valence-corrected chi connectivity index (χ0v) is 16.7. The maximum absolute atomic E-state index is 12.6. The smallest absolute Gasteiger partial charge is 0.341 e. The van der Waals surface area contributed by atoms with E-state index in [1.165, 1.54) is 5.56 Å². The fourth-order valence-electron chi connectivity index (χ4n) is 4.17. The summed E-state index contributed by atoms with van der Waals surface area (Å²) >= 11 is 0. The van der Waals surface area contributed by atoms with Gasteiger partial charge in [-0.25, -0.2) is 4.79 Å². The Morgan fingerprint density at radius 3 is 2.93 bits per heavy atom. The van der Waals surface area contributed by atoms with Crippen molar-refractivity contribution in [2.75, 3.05) is 24.6 Å². The van der Waals surface area contributed by atoms with Gasteiger partial charge < -0.3 is 9.64 Å². The fourth-order valence-corrected chi connectivity index (χ4v) is 4.17. The van der Waals surface area contributed by atoms with Gasteiger partial charge in [0, 0.05) is 37.9 Å². The van der Waals surface area contributed by atoms with Crippen LogP contribution in [0.15, 0.2) is 36.8 Å². The fraction of sp³-hybridized carbons (Fsp3) is 0.409. The van der Waals surface area contributed by atoms with E-state index in [-0.39, 0.29) is 5.97 Å². The molecular weight excluding hydrogens is 352 g/mol. The Hall–Kier alpha value is -2.89. The van der Waals surface area contributed by atoms with E-state index >= 15 is 0 Å². The molecule has 1 aliphatic heterocycles. The van der Waals surface area contributed by atoms with Gasteiger partial charge in [-0.15, -0.1) is 0 Å². The summed E-state index contributed by atoms with van der Waals surface area (Å²) in [5.41, 5.74) is 4.83. The van der Waals surface area contributed by atoms with Crippen molar-refractivity contribution in [3.05, 3.63) is 53.5 Å². The number of anilines is 1. The summed E-state index contributed by atoms with van der Waals surface area (Å²) in [4.78, 5) is 19.5. The highest BCUT2D eigenvalue weighted by Crippen LogP contribution is 2.35. The minimum Gasteiger partial charge on any atom is -0.462 e. The number of benzene rings is 1. The molecule has 0 bridgehead atoms. The lowest BCUT2D eigenvalue weighted by Gasteiger charge is -2.23. The molecule has 0 radical (unpaired) electrons. The molecule has 1 aromatic carbocycles. The van der Waals surface area contributed by atoms with E-state index in [0.29, 0.717) is 18.1 Å². The first-order valence-corrected chi connectivity index (χ1v) is 9.84. The summed E-state index contributed by atoms with van der Waals surface area (Å²) in [7, 11) is 1.95. The van der Waals surface area contributed by atoms with Crippen molar-refractivity contribution in [3.8, 4) is 0 Å². The summed E-state index contributed by atoms with van der Waals surface area (Å²) in [5, 5.41) is 5.30. The van der Waals surface area contributed by atoms with Gasteiger partial charge in [0.25, 0.3) is 0 Å². The molecule has 0 saturated carbocycles. The Morgan fingerprint density at radius 1 is 1.32 bits per heavy atom. The summed E-state index contributed by atoms with van der Waals surface area (Å²) < 4.78 is 7.16. The number of carbonyl (C=O) groups excluding carboxylic acids is 1. The number of pyridine rings is 1. The van der Waals surface area contributed by atoms with Crippen molar-refractivity contribution in [3.63, 3.8) is 0 Å². The van der Waals surface area contributed by atoms with Gasteiger partial charge in [0.15, 0.2) is 0 Å². The molecular formula is C22H26N4O2. The van der Waals surface area contributed by atoms with Crippen LogP contribution in [0.25, 0.3) is 10.9 Å². The van der Waals surface area contributed by atoms with Crippen LogP contribution in [0.5, 0.6) is 0 Å². The number of esters is 1. The molecule has 28 heavy (non-hydrogen) atoms. The van der Waals surface area contributed by atoms with Crippen LogP contribution in [-0.4, -0.2) is 40.4 Å². The molecule has 3 heterocycles. The van der Waals surface area contributed by atoms with Crippen molar-refractivity contribution in [2.45, 2.75) is 26.7 Å². The van der Waals surface area contributed by atoms with Crippen LogP contribution in [-0.2, 0) is 18.2 Å². The van der Waals surface area contributed by atoms with Gasteiger partial charge in [-0.3, -0.25) is 9.67 Å². The molecule has 0 spiro atoms. The van der Waals surface area contributed by atoms with Gasteiger partial charge >= 0.3 is 5.97 Å². The highest BCUT2D eigenvalue weighted by molar-refractivity contribution is 6.06. The maximum Gasteiger partial charge on any atom is 0.341 e. The molecule has 1 saturated heterocycles. The van der Waals surface area contributed by atoms with E-state index in [2.05, 4.69) is 40.2 Å². The Labute approximate surface area is 165 Å². The van der Waals surface area contributed by atoms with Gasteiger partial charge in [-0.1, -0.05) is 18.2 Å². The predicted octanol–water partition coefficient (Wildman–Crippen LogP) is 3.52. The minimum atomic E-state index is -0.302. The van der Waals surface area contributed by atoms with Crippen molar-refractivity contribution < 1.29 is 9.53 Å². The first kappa shape index (κ1) is 18.5. The molecule has 0 amide bonds. The number of carbonyl (C=O) groups is 1. The second kappa shape index (κ2) is 7.62. The molecule has 0 aliphatic carbocycles. The number of hydrogen-bond acceptors (Lipinski definition) is 5. The number of aryl methyl sites for hydroxylation is 2. The highest BCUT2D eigenvalue weighted by atomic mass is 16.5. The minimum absolute atomic E-state index is 0.302. The SMILES string of the molecule is CCOC(=O)c1cnc2c(C)cccc2c1N1CCC(Cc2cnn(C)c2)C1. The average Bonchev–Trinajstić information content (AvgIpc) is 3.30. The molecule has 1 unspecified atom stereocenters. The molecule has 1 aliphatic rings. The van der Waals surface area contributed by atoms with Crippen LogP contribution in [0, 0.1) is 12.8 Å². The van der Waals surface area contributed by atoms with Crippen molar-refractivity contribution in [1.82, 2.24) is 14.8 Å². The van der Waals surface area contributed by atoms with Crippen LogP contribution >= 0.6 is 0 Å². The first-order valence-electron chi connectivity index (χ1n) is 9.84. The average molecular weight is 378 g/mol. The van der Waals surface area contributed by atoms with Gasteiger partial charge in [-0.2, -0.15) is 5.10 Å². The van der Waals surface area contributed by atoms with Crippen LogP contribution < -0.4 is 4.90 Å². The van der Waals surface area contributed by atoms with E-state index in [0.717, 1.165) is 48.1 Å². The van der Waals surface area contributed by atoms with Crippen LogP contribution in [0.4, 0.5) is 5.69 Å². The summed E-state index contributed by atoms with van der Waals surface area (Å²) in [5.74, 6) is 0.233. The number of hydrogen-bond donors (Lipinski definition) is 0. The lowest BCUT2D eigenvalue weighted by Crippen LogP contribution is -2.24. The second-order valence-corrected chi connectivity index (χ2v) is 7.54. The molecule has 4 rings (SSSR count). The number of aromatic nitrogens is 3. The molecule has 2 aromatic heterocycles. The molecule has 1 fully saturated rings. The molecule has 6 nitrogen and oxygen atoms in total. The molecule has 3 aromatic rings. The van der Waals surface area contributed by atoms with Crippen molar-refractivity contribution >= 4 is 22.6 Å². The second-order valence-electron chi connectivity index (χ2n) is 7.54. The van der Waals surface area contributed by atoms with Gasteiger partial charge in [0.2, 0.25) is 0 Å². The van der Waals surface area contributed by atoms with Crippen molar-refractivity contribution in [2.24, 2.45) is 13.0 Å². The zero-order chi connectivity index (χ0) is 19.7. The van der Waals surface area contributed by atoms with Crippen molar-refractivity contribution in [1.29, 1.82) is 0 Å². The monoisotopic (exact) mass is 378 g/mol. The van der Waals surface area contributed by atoms with E-state index in [1.54, 1.807) is 6.20 Å². The molecule has 146 valence electrons. The summed E-state index contributed by atoms with van der Waals surface area (Å²) in [6, 6.07) is 6.14. The lowest BCUT2D eigenvalue weighted by molar-refractivity contribution is 0.0527. The Morgan fingerprint density at radius 2 is 2.18 bits per heavy atom. The van der Waals surface area contributed by atoms with Gasteiger partial charge in [-0.05, 0) is 43.7 Å². The Bertz CT molecular complexity index is 1010. The third-order valence-corrected chi connectivity index (χ3v) is 5.45. The lowest BCUT2D eigenvalue weighted by atomic mass is 10.0. The number of rotatable bonds is 5. The van der Waals surface area contributed by atoms with Gasteiger partial charge in [0.1, 0.15) is 5.56 Å². The van der Waals surface area contributed by atoms with E-state index in [9.17, 15) is 4.79 Å². The predicted molar refractivity (Wildman–Crippen MR) is 110 cm³/mol. The quantitative estimate of drug-likeness (QED) is 0.636. The standard InChI is InChI=1S/C22H26N4O2/c1-4-28-22(27)19-12-23-20-15(2)6-5-7-18(20)21(19)26-9-8-16(14-26)10-17-11-24-25(3)13-17/h5-7,11-13,16H,4,8-10,14H2,1-3H3. The normalized spacial score (nSPS) is 16.7. The van der Waals surface area contributed by atoms with Crippen LogP contribution in [0.2, 0.25) is 0 Å². The summed E-state index contributed by atoms with van der Waals surface area (Å²) in [6.07, 6.45) is 7.79. The third kappa shape index (κ3) is 3.46. The van der Waals surface area contributed by atoms with E-state index < -0.39 is 0 Å². The number of para-hydroxylation sites is 1. The largest absolute Gasteiger partial charge is 0.462 e. The van der Waals surface area contributed by atoms with E-state index in [1.807, 2.05) is 30.9 Å². The Balaban J connectivity index is 1.69. The topological polar surface area (TPSA) is 60.2 Å². The number of nitrogens with zero attached hydrogens (tertiary/aromatic N) is 4. The Kier molecular flexibility index (Phi) is 5.03. The zero-order valence-electron chi connectivity index (χ0n) is 16.7. The number of ether oxygens (including phenoxy) is 1. The molecule has 1 atom stereocenters. The summed E-state index contributed by atoms with van der Waals surface area (Å²) in [6.45, 7) is 6.07. The van der Waals surface area contributed by atoms with Crippen LogP contribution in [0.1, 0.15) is 34.8 Å². The molecule has 0 N–H and O–H groups in total. The first-order chi connectivity index (χ1) is 13.6. The van der Waals surface area contributed by atoms with Gasteiger partial charge in [0.05, 0.1) is 24.0 Å². The molecule has 6 heteroatoms. The van der Waals surface area contributed by atoms with E-state index in [4.69, 9.17) is 4.74 Å². The maximum atomic E-state index is 12.6. The third-order valence-electron chi connectivity index (χ3n) is 5.45. The number of fused-ring (bicyclic) bond motifs is 1. The highest BCUT2D eigenvalue weighted by Gasteiger charge is 2.28.